The van der Waals surface area contributed by atoms with Crippen LogP contribution in [0, 0.1) is 6.92 Å². The first-order chi connectivity index (χ1) is 10.7. The van der Waals surface area contributed by atoms with Crippen molar-refractivity contribution < 1.29 is 0 Å². The Morgan fingerprint density at radius 3 is 2.77 bits per heavy atom. The maximum atomic E-state index is 4.35. The highest BCUT2D eigenvalue weighted by atomic mass is 32.2. The second-order valence-electron chi connectivity index (χ2n) is 5.12. The number of rotatable bonds is 5. The van der Waals surface area contributed by atoms with Crippen molar-refractivity contribution in [3.8, 4) is 0 Å². The van der Waals surface area contributed by atoms with Crippen LogP contribution in [-0.2, 0) is 0 Å². The van der Waals surface area contributed by atoms with E-state index >= 15 is 0 Å². The van der Waals surface area contributed by atoms with Gasteiger partial charge in [-0.3, -0.25) is 0 Å². The molecule has 0 bridgehead atoms. The Kier molecular flexibility index (Phi) is 4.29. The van der Waals surface area contributed by atoms with E-state index in [0.29, 0.717) is 5.78 Å². The standard InChI is InChI=1S/C16H19N5S/c1-4-22-14-7-5-13(6-8-14)12(3)20-15-9-11(2)19-16-17-10-18-21(15)16/h5-10,12,20H,4H2,1-3H3. The molecule has 0 spiro atoms. The highest BCUT2D eigenvalue weighted by Gasteiger charge is 2.10. The first-order valence-corrected chi connectivity index (χ1v) is 8.32. The fraction of sp³-hybridized carbons (Fsp3) is 0.312. The molecule has 1 atom stereocenters. The van der Waals surface area contributed by atoms with E-state index in [4.69, 9.17) is 0 Å². The maximum absolute atomic E-state index is 4.35. The van der Waals surface area contributed by atoms with Crippen molar-refractivity contribution in [1.82, 2.24) is 19.6 Å². The van der Waals surface area contributed by atoms with Gasteiger partial charge in [0, 0.05) is 22.7 Å². The van der Waals surface area contributed by atoms with Gasteiger partial charge in [-0.15, -0.1) is 11.8 Å². The van der Waals surface area contributed by atoms with Gasteiger partial charge in [0.15, 0.2) is 0 Å². The molecule has 2 heterocycles. The zero-order valence-electron chi connectivity index (χ0n) is 12.9. The second-order valence-corrected chi connectivity index (χ2v) is 6.46. The number of nitrogens with zero attached hydrogens (tertiary/aromatic N) is 4. The summed E-state index contributed by atoms with van der Waals surface area (Å²) in [6.45, 7) is 6.26. The molecule has 6 heteroatoms. The van der Waals surface area contributed by atoms with Crippen LogP contribution in [-0.4, -0.2) is 25.3 Å². The molecule has 3 rings (SSSR count). The molecular weight excluding hydrogens is 294 g/mol. The molecule has 1 N–H and O–H groups in total. The number of benzene rings is 1. The Bertz CT molecular complexity index is 766. The molecule has 0 fully saturated rings. The Morgan fingerprint density at radius 1 is 1.27 bits per heavy atom. The predicted octanol–water partition coefficient (Wildman–Crippen LogP) is 3.72. The van der Waals surface area contributed by atoms with E-state index in [2.05, 4.69) is 58.5 Å². The van der Waals surface area contributed by atoms with Crippen LogP contribution in [0.2, 0.25) is 0 Å². The summed E-state index contributed by atoms with van der Waals surface area (Å²) >= 11 is 1.85. The zero-order valence-corrected chi connectivity index (χ0v) is 13.8. The summed E-state index contributed by atoms with van der Waals surface area (Å²) in [6, 6.07) is 10.8. The molecule has 0 aliphatic heterocycles. The van der Waals surface area contributed by atoms with Crippen LogP contribution in [0.1, 0.15) is 31.1 Å². The molecule has 22 heavy (non-hydrogen) atoms. The largest absolute Gasteiger partial charge is 0.363 e. The van der Waals surface area contributed by atoms with E-state index in [1.165, 1.54) is 16.8 Å². The van der Waals surface area contributed by atoms with Crippen molar-refractivity contribution in [3.05, 3.63) is 47.9 Å². The van der Waals surface area contributed by atoms with Crippen LogP contribution in [0.3, 0.4) is 0 Å². The molecule has 5 nitrogen and oxygen atoms in total. The summed E-state index contributed by atoms with van der Waals surface area (Å²) in [4.78, 5) is 9.81. The first-order valence-electron chi connectivity index (χ1n) is 7.34. The first kappa shape index (κ1) is 14.8. The third kappa shape index (κ3) is 3.06. The summed E-state index contributed by atoms with van der Waals surface area (Å²) in [7, 11) is 0. The molecule has 3 aromatic rings. The number of aryl methyl sites for hydroxylation is 1. The van der Waals surface area contributed by atoms with Gasteiger partial charge >= 0.3 is 0 Å². The number of hydrogen-bond acceptors (Lipinski definition) is 5. The lowest BCUT2D eigenvalue weighted by Crippen LogP contribution is -2.11. The minimum Gasteiger partial charge on any atom is -0.363 e. The second kappa shape index (κ2) is 6.36. The fourth-order valence-electron chi connectivity index (χ4n) is 2.36. The van der Waals surface area contributed by atoms with E-state index < -0.39 is 0 Å². The van der Waals surface area contributed by atoms with E-state index in [0.717, 1.165) is 17.3 Å². The van der Waals surface area contributed by atoms with Gasteiger partial charge in [0.05, 0.1) is 0 Å². The van der Waals surface area contributed by atoms with Crippen LogP contribution in [0.25, 0.3) is 5.78 Å². The van der Waals surface area contributed by atoms with Gasteiger partial charge < -0.3 is 5.32 Å². The lowest BCUT2D eigenvalue weighted by atomic mass is 10.1. The third-order valence-corrected chi connectivity index (χ3v) is 4.33. The predicted molar refractivity (Wildman–Crippen MR) is 90.4 cm³/mol. The van der Waals surface area contributed by atoms with Gasteiger partial charge in [0.1, 0.15) is 12.1 Å². The van der Waals surface area contributed by atoms with Crippen molar-refractivity contribution in [1.29, 1.82) is 0 Å². The molecule has 0 aliphatic carbocycles. The molecule has 114 valence electrons. The topological polar surface area (TPSA) is 55.1 Å². The minimum atomic E-state index is 0.176. The van der Waals surface area contributed by atoms with Gasteiger partial charge in [0.2, 0.25) is 0 Å². The monoisotopic (exact) mass is 313 g/mol. The van der Waals surface area contributed by atoms with Crippen LogP contribution < -0.4 is 5.32 Å². The van der Waals surface area contributed by atoms with E-state index in [1.807, 2.05) is 24.8 Å². The average molecular weight is 313 g/mol. The molecule has 0 amide bonds. The van der Waals surface area contributed by atoms with Crippen molar-refractivity contribution in [2.75, 3.05) is 11.1 Å². The van der Waals surface area contributed by atoms with Crippen molar-refractivity contribution in [2.24, 2.45) is 0 Å². The smallest absolute Gasteiger partial charge is 0.254 e. The van der Waals surface area contributed by atoms with E-state index in [9.17, 15) is 0 Å². The van der Waals surface area contributed by atoms with Crippen LogP contribution in [0.4, 0.5) is 5.82 Å². The number of anilines is 1. The summed E-state index contributed by atoms with van der Waals surface area (Å²) in [5.74, 6) is 2.61. The zero-order chi connectivity index (χ0) is 15.5. The molecule has 0 radical (unpaired) electrons. The highest BCUT2D eigenvalue weighted by Crippen LogP contribution is 2.23. The summed E-state index contributed by atoms with van der Waals surface area (Å²) in [5.41, 5.74) is 2.16. The van der Waals surface area contributed by atoms with E-state index in [1.54, 1.807) is 4.52 Å². The summed E-state index contributed by atoms with van der Waals surface area (Å²) < 4.78 is 1.73. The molecule has 1 unspecified atom stereocenters. The summed E-state index contributed by atoms with van der Waals surface area (Å²) in [6.07, 6.45) is 1.52. The van der Waals surface area contributed by atoms with Gasteiger partial charge in [-0.25, -0.2) is 4.98 Å². The molecule has 0 saturated carbocycles. The van der Waals surface area contributed by atoms with Crippen LogP contribution in [0.5, 0.6) is 0 Å². The Balaban J connectivity index is 1.83. The lowest BCUT2D eigenvalue weighted by Gasteiger charge is -2.17. The molecule has 0 aliphatic rings. The number of thioether (sulfide) groups is 1. The Morgan fingerprint density at radius 2 is 2.05 bits per heavy atom. The quantitative estimate of drug-likeness (QED) is 0.728. The third-order valence-electron chi connectivity index (χ3n) is 3.44. The SMILES string of the molecule is CCSc1ccc(C(C)Nc2cc(C)nc3ncnn23)cc1. The maximum Gasteiger partial charge on any atom is 0.254 e. The fourth-order valence-corrected chi connectivity index (χ4v) is 3.02. The van der Waals surface area contributed by atoms with Crippen molar-refractivity contribution in [3.63, 3.8) is 0 Å². The van der Waals surface area contributed by atoms with Gasteiger partial charge in [0.25, 0.3) is 5.78 Å². The molecular formula is C16H19N5S. The van der Waals surface area contributed by atoms with Crippen molar-refractivity contribution in [2.45, 2.75) is 31.7 Å². The van der Waals surface area contributed by atoms with Gasteiger partial charge in [-0.05, 0) is 37.3 Å². The Hall–Kier alpha value is -2.08. The van der Waals surface area contributed by atoms with Crippen LogP contribution >= 0.6 is 11.8 Å². The van der Waals surface area contributed by atoms with Crippen molar-refractivity contribution >= 4 is 23.4 Å². The normalized spacial score (nSPS) is 12.5. The molecule has 1 aromatic carbocycles. The number of fused-ring (bicyclic) bond motifs is 1. The van der Waals surface area contributed by atoms with Gasteiger partial charge in [-0.2, -0.15) is 14.6 Å². The highest BCUT2D eigenvalue weighted by molar-refractivity contribution is 7.99. The average Bonchev–Trinajstić information content (AvgIpc) is 2.96. The number of hydrogen-bond donors (Lipinski definition) is 1. The molecule has 0 saturated heterocycles. The lowest BCUT2D eigenvalue weighted by molar-refractivity contribution is 0.836. The Labute approximate surface area is 134 Å². The van der Waals surface area contributed by atoms with E-state index in [-0.39, 0.29) is 6.04 Å². The van der Waals surface area contributed by atoms with Gasteiger partial charge in [-0.1, -0.05) is 19.1 Å². The number of nitrogens with one attached hydrogen (secondary N) is 1. The minimum absolute atomic E-state index is 0.176. The molecule has 2 aromatic heterocycles. The summed E-state index contributed by atoms with van der Waals surface area (Å²) in [5, 5.41) is 7.72. The van der Waals surface area contributed by atoms with Crippen LogP contribution in [0.15, 0.2) is 41.6 Å². The number of aromatic nitrogens is 4.